The summed E-state index contributed by atoms with van der Waals surface area (Å²) >= 11 is 2.95. The van der Waals surface area contributed by atoms with E-state index in [0.29, 0.717) is 28.7 Å². The average Bonchev–Trinajstić information content (AvgIpc) is 3.26. The maximum absolute atomic E-state index is 12.5. The lowest BCUT2D eigenvalue weighted by atomic mass is 9.98. The highest BCUT2D eigenvalue weighted by atomic mass is 32.2. The minimum absolute atomic E-state index is 0.0952. The summed E-state index contributed by atoms with van der Waals surface area (Å²) in [6, 6.07) is 10.3. The van der Waals surface area contributed by atoms with E-state index in [9.17, 15) is 4.79 Å². The summed E-state index contributed by atoms with van der Waals surface area (Å²) in [4.78, 5) is 22.0. The molecule has 0 bridgehead atoms. The molecule has 0 fully saturated rings. The number of hydrogen-bond acceptors (Lipinski definition) is 7. The fourth-order valence-electron chi connectivity index (χ4n) is 3.20. The normalized spacial score (nSPS) is 13.7. The first-order valence-corrected chi connectivity index (χ1v) is 11.2. The van der Waals surface area contributed by atoms with Crippen LogP contribution in [0.5, 0.6) is 0 Å². The van der Waals surface area contributed by atoms with Gasteiger partial charge in [-0.05, 0) is 37.8 Å². The maximum atomic E-state index is 12.5. The number of thioether (sulfide) groups is 1. The van der Waals surface area contributed by atoms with Crippen molar-refractivity contribution in [3.8, 4) is 0 Å². The van der Waals surface area contributed by atoms with Crippen LogP contribution in [0.2, 0.25) is 0 Å². The van der Waals surface area contributed by atoms with Crippen molar-refractivity contribution in [2.75, 3.05) is 0 Å². The molecule has 2 atom stereocenters. The number of hydrogen-bond donors (Lipinski definition) is 1. The van der Waals surface area contributed by atoms with Crippen LogP contribution in [0.25, 0.3) is 10.2 Å². The highest BCUT2D eigenvalue weighted by Gasteiger charge is 2.19. The SMILES string of the molecule is Cc1sc2nc(C(C)Sc3nnc(CC(C)c4ccccc4)o3)[nH]c(=O)c2c1C. The Balaban J connectivity index is 1.49. The molecule has 2 unspecified atom stereocenters. The summed E-state index contributed by atoms with van der Waals surface area (Å²) in [6.07, 6.45) is 0.681. The molecular formula is C21H22N4O2S2. The molecule has 4 aromatic rings. The van der Waals surface area contributed by atoms with E-state index in [0.717, 1.165) is 15.3 Å². The van der Waals surface area contributed by atoms with E-state index in [2.05, 4.69) is 39.2 Å². The van der Waals surface area contributed by atoms with Gasteiger partial charge in [0.25, 0.3) is 10.8 Å². The third-order valence-corrected chi connectivity index (χ3v) is 7.06. The Morgan fingerprint density at radius 2 is 1.93 bits per heavy atom. The Labute approximate surface area is 176 Å². The summed E-state index contributed by atoms with van der Waals surface area (Å²) in [6.45, 7) is 8.08. The van der Waals surface area contributed by atoms with E-state index >= 15 is 0 Å². The molecule has 150 valence electrons. The van der Waals surface area contributed by atoms with Gasteiger partial charge in [0.1, 0.15) is 10.7 Å². The number of benzene rings is 1. The van der Waals surface area contributed by atoms with E-state index in [1.54, 1.807) is 11.3 Å². The minimum Gasteiger partial charge on any atom is -0.416 e. The third kappa shape index (κ3) is 4.13. The number of nitrogens with zero attached hydrogens (tertiary/aromatic N) is 3. The van der Waals surface area contributed by atoms with Gasteiger partial charge in [0.15, 0.2) is 0 Å². The monoisotopic (exact) mass is 426 g/mol. The fraction of sp³-hybridized carbons (Fsp3) is 0.333. The zero-order chi connectivity index (χ0) is 20.5. The molecule has 3 heterocycles. The predicted molar refractivity (Wildman–Crippen MR) is 117 cm³/mol. The molecule has 1 N–H and O–H groups in total. The molecule has 0 radical (unpaired) electrons. The van der Waals surface area contributed by atoms with Crippen molar-refractivity contribution in [3.05, 3.63) is 68.4 Å². The number of rotatable bonds is 6. The zero-order valence-electron chi connectivity index (χ0n) is 16.7. The molecule has 0 aliphatic carbocycles. The number of aromatic nitrogens is 4. The van der Waals surface area contributed by atoms with E-state index in [-0.39, 0.29) is 16.7 Å². The van der Waals surface area contributed by atoms with Crippen LogP contribution in [0, 0.1) is 13.8 Å². The van der Waals surface area contributed by atoms with Gasteiger partial charge in [-0.1, -0.05) is 49.0 Å². The van der Waals surface area contributed by atoms with Crippen LogP contribution in [0.1, 0.15) is 52.7 Å². The van der Waals surface area contributed by atoms with Gasteiger partial charge < -0.3 is 9.40 Å². The summed E-state index contributed by atoms with van der Waals surface area (Å²) in [5.41, 5.74) is 2.15. The number of thiophene rings is 1. The first-order valence-electron chi connectivity index (χ1n) is 9.46. The molecule has 29 heavy (non-hydrogen) atoms. The van der Waals surface area contributed by atoms with Crippen molar-refractivity contribution in [1.82, 2.24) is 20.2 Å². The van der Waals surface area contributed by atoms with Gasteiger partial charge >= 0.3 is 0 Å². The van der Waals surface area contributed by atoms with E-state index in [4.69, 9.17) is 4.42 Å². The third-order valence-electron chi connectivity index (χ3n) is 5.02. The van der Waals surface area contributed by atoms with Gasteiger partial charge in [-0.25, -0.2) is 4.98 Å². The van der Waals surface area contributed by atoms with Crippen LogP contribution in [0.3, 0.4) is 0 Å². The molecule has 1 aromatic carbocycles. The predicted octanol–water partition coefficient (Wildman–Crippen LogP) is 5.18. The van der Waals surface area contributed by atoms with Crippen molar-refractivity contribution in [3.63, 3.8) is 0 Å². The van der Waals surface area contributed by atoms with Crippen molar-refractivity contribution in [1.29, 1.82) is 0 Å². The van der Waals surface area contributed by atoms with Crippen LogP contribution >= 0.6 is 23.1 Å². The Bertz CT molecular complexity index is 1200. The first-order chi connectivity index (χ1) is 13.9. The molecule has 0 saturated carbocycles. The van der Waals surface area contributed by atoms with Crippen LogP contribution in [-0.4, -0.2) is 20.2 Å². The molecule has 0 saturated heterocycles. The lowest BCUT2D eigenvalue weighted by Gasteiger charge is -2.09. The lowest BCUT2D eigenvalue weighted by Crippen LogP contribution is -2.12. The van der Waals surface area contributed by atoms with Crippen LogP contribution < -0.4 is 5.56 Å². The van der Waals surface area contributed by atoms with Crippen molar-refractivity contribution in [2.45, 2.75) is 50.5 Å². The average molecular weight is 427 g/mol. The summed E-state index contributed by atoms with van der Waals surface area (Å²) < 4.78 is 5.83. The van der Waals surface area contributed by atoms with Crippen molar-refractivity contribution >= 4 is 33.3 Å². The molecule has 0 amide bonds. The Morgan fingerprint density at radius 3 is 2.69 bits per heavy atom. The quantitative estimate of drug-likeness (QED) is 0.427. The Kier molecular flexibility index (Phi) is 5.56. The van der Waals surface area contributed by atoms with Gasteiger partial charge in [-0.15, -0.1) is 21.5 Å². The number of aryl methyl sites for hydroxylation is 2. The second kappa shape index (κ2) is 8.12. The Hall–Kier alpha value is -2.45. The first kappa shape index (κ1) is 19.8. The summed E-state index contributed by atoms with van der Waals surface area (Å²) in [7, 11) is 0. The van der Waals surface area contributed by atoms with E-state index in [1.165, 1.54) is 17.3 Å². The minimum atomic E-state index is -0.116. The summed E-state index contributed by atoms with van der Waals surface area (Å²) in [5.74, 6) is 1.52. The number of fused-ring (bicyclic) bond motifs is 1. The second-order valence-electron chi connectivity index (χ2n) is 7.15. The van der Waals surface area contributed by atoms with Crippen molar-refractivity contribution in [2.24, 2.45) is 0 Å². The van der Waals surface area contributed by atoms with E-state index in [1.807, 2.05) is 39.0 Å². The van der Waals surface area contributed by atoms with E-state index < -0.39 is 0 Å². The van der Waals surface area contributed by atoms with Gasteiger partial charge in [-0.2, -0.15) is 0 Å². The number of aromatic amines is 1. The molecule has 8 heteroatoms. The summed E-state index contributed by atoms with van der Waals surface area (Å²) in [5, 5.41) is 9.39. The second-order valence-corrected chi connectivity index (χ2v) is 9.65. The number of nitrogens with one attached hydrogen (secondary N) is 1. The molecule has 4 rings (SSSR count). The van der Waals surface area contributed by atoms with Gasteiger partial charge in [0.2, 0.25) is 5.89 Å². The van der Waals surface area contributed by atoms with Gasteiger partial charge in [-0.3, -0.25) is 4.79 Å². The molecule has 0 aliphatic rings. The molecule has 0 spiro atoms. The molecule has 6 nitrogen and oxygen atoms in total. The van der Waals surface area contributed by atoms with Crippen LogP contribution in [0.4, 0.5) is 0 Å². The van der Waals surface area contributed by atoms with Crippen LogP contribution in [-0.2, 0) is 6.42 Å². The zero-order valence-corrected chi connectivity index (χ0v) is 18.4. The standard InChI is InChI=1S/C21H22N4O2S2/c1-11(15-8-6-5-7-9-15)10-16-24-25-21(27-16)29-14(4)18-22-19(26)17-12(2)13(3)28-20(17)23-18/h5-9,11,14H,10H2,1-4H3,(H,22,23,26). The molecular weight excluding hydrogens is 404 g/mol. The maximum Gasteiger partial charge on any atom is 0.277 e. The highest BCUT2D eigenvalue weighted by molar-refractivity contribution is 7.99. The largest absolute Gasteiger partial charge is 0.416 e. The number of H-pyrrole nitrogens is 1. The van der Waals surface area contributed by atoms with Gasteiger partial charge in [0, 0.05) is 11.3 Å². The lowest BCUT2D eigenvalue weighted by molar-refractivity contribution is 0.404. The highest BCUT2D eigenvalue weighted by Crippen LogP contribution is 2.34. The van der Waals surface area contributed by atoms with Gasteiger partial charge in [0.05, 0.1) is 10.6 Å². The molecule has 3 aromatic heterocycles. The van der Waals surface area contributed by atoms with Crippen molar-refractivity contribution < 1.29 is 4.42 Å². The smallest absolute Gasteiger partial charge is 0.277 e. The van der Waals surface area contributed by atoms with Crippen LogP contribution in [0.15, 0.2) is 44.8 Å². The molecule has 0 aliphatic heterocycles. The Morgan fingerprint density at radius 1 is 1.17 bits per heavy atom. The topological polar surface area (TPSA) is 84.7 Å². The fourth-order valence-corrected chi connectivity index (χ4v) is 5.00.